The summed E-state index contributed by atoms with van der Waals surface area (Å²) < 4.78 is 0. The van der Waals surface area contributed by atoms with Crippen molar-refractivity contribution in [3.05, 3.63) is 80.6 Å². The highest BCUT2D eigenvalue weighted by Crippen LogP contribution is 2.35. The van der Waals surface area contributed by atoms with Gasteiger partial charge in [-0.1, -0.05) is 59.6 Å². The lowest BCUT2D eigenvalue weighted by molar-refractivity contribution is -0.383. The molecule has 0 unspecified atom stereocenters. The molecule has 1 aromatic heterocycles. The molecule has 0 aliphatic rings. The minimum Gasteiger partial charge on any atom is -0.364 e. The molecule has 0 saturated carbocycles. The molecule has 0 spiro atoms. The van der Waals surface area contributed by atoms with Gasteiger partial charge >= 0.3 is 5.69 Å². The van der Waals surface area contributed by atoms with Crippen molar-refractivity contribution in [3.8, 4) is 0 Å². The lowest BCUT2D eigenvalue weighted by Crippen LogP contribution is -2.10. The SMILES string of the molecule is O=[N+]([O-])c1c(NCCc2ccccc2)ncnc1Nc1cccc(Cl)c1Cl. The van der Waals surface area contributed by atoms with Crippen molar-refractivity contribution in [2.24, 2.45) is 0 Å². The third-order valence-corrected chi connectivity index (χ3v) is 4.58. The first kappa shape index (κ1) is 18.9. The molecule has 0 bridgehead atoms. The topological polar surface area (TPSA) is 93.0 Å². The standard InChI is InChI=1S/C18H15Cl2N5O2/c19-13-7-4-8-14(15(13)20)24-18-16(25(26)27)17(22-11-23-18)21-10-9-12-5-2-1-3-6-12/h1-8,11H,9-10H2,(H2,21,22,23,24). The Balaban J connectivity index is 1.82. The molecule has 138 valence electrons. The van der Waals surface area contributed by atoms with E-state index in [1.54, 1.807) is 18.2 Å². The van der Waals surface area contributed by atoms with Crippen LogP contribution in [0.25, 0.3) is 0 Å². The molecule has 27 heavy (non-hydrogen) atoms. The summed E-state index contributed by atoms with van der Waals surface area (Å²) in [5, 5.41) is 18.1. The minimum absolute atomic E-state index is 0.0291. The molecular formula is C18H15Cl2N5O2. The number of nitrogens with one attached hydrogen (secondary N) is 2. The quantitative estimate of drug-likeness (QED) is 0.421. The first-order chi connectivity index (χ1) is 13.1. The Hall–Kier alpha value is -2.90. The highest BCUT2D eigenvalue weighted by atomic mass is 35.5. The van der Waals surface area contributed by atoms with E-state index < -0.39 is 4.92 Å². The zero-order chi connectivity index (χ0) is 19.2. The van der Waals surface area contributed by atoms with E-state index in [0.717, 1.165) is 5.56 Å². The molecule has 3 aromatic rings. The second-order valence-corrected chi connectivity index (χ2v) is 6.35. The molecule has 2 N–H and O–H groups in total. The van der Waals surface area contributed by atoms with Crippen LogP contribution in [0.1, 0.15) is 5.56 Å². The third-order valence-electron chi connectivity index (χ3n) is 3.76. The Labute approximate surface area is 165 Å². The van der Waals surface area contributed by atoms with Crippen molar-refractivity contribution in [3.63, 3.8) is 0 Å². The molecule has 0 aliphatic heterocycles. The highest BCUT2D eigenvalue weighted by Gasteiger charge is 2.23. The molecule has 0 fully saturated rings. The van der Waals surface area contributed by atoms with Crippen LogP contribution in [0.15, 0.2) is 54.9 Å². The summed E-state index contributed by atoms with van der Waals surface area (Å²) in [5.41, 5.74) is 1.27. The number of nitrogens with zero attached hydrogens (tertiary/aromatic N) is 3. The number of halogens is 2. The van der Waals surface area contributed by atoms with Crippen LogP contribution in [0.3, 0.4) is 0 Å². The Morgan fingerprint density at radius 1 is 1.00 bits per heavy atom. The van der Waals surface area contributed by atoms with E-state index in [4.69, 9.17) is 23.2 Å². The minimum atomic E-state index is -0.536. The summed E-state index contributed by atoms with van der Waals surface area (Å²) in [6.45, 7) is 0.485. The Morgan fingerprint density at radius 2 is 1.74 bits per heavy atom. The lowest BCUT2D eigenvalue weighted by atomic mass is 10.1. The first-order valence-corrected chi connectivity index (χ1v) is 8.80. The van der Waals surface area contributed by atoms with E-state index in [9.17, 15) is 10.1 Å². The number of hydrogen-bond acceptors (Lipinski definition) is 6. The smallest absolute Gasteiger partial charge is 0.353 e. The average molecular weight is 404 g/mol. The van der Waals surface area contributed by atoms with E-state index in [-0.39, 0.29) is 22.3 Å². The van der Waals surface area contributed by atoms with Crippen molar-refractivity contribution in [1.82, 2.24) is 9.97 Å². The summed E-state index contributed by atoms with van der Waals surface area (Å²) in [5.74, 6) is 0.160. The molecule has 0 aliphatic carbocycles. The number of anilines is 3. The van der Waals surface area contributed by atoms with Gasteiger partial charge in [-0.3, -0.25) is 10.1 Å². The van der Waals surface area contributed by atoms with Gasteiger partial charge < -0.3 is 10.6 Å². The van der Waals surface area contributed by atoms with Gasteiger partial charge in [0, 0.05) is 6.54 Å². The van der Waals surface area contributed by atoms with E-state index in [1.165, 1.54) is 6.33 Å². The normalized spacial score (nSPS) is 10.4. The second kappa shape index (κ2) is 8.66. The number of hydrogen-bond donors (Lipinski definition) is 2. The Morgan fingerprint density at radius 3 is 2.48 bits per heavy atom. The van der Waals surface area contributed by atoms with Gasteiger partial charge in [0.05, 0.1) is 20.7 Å². The molecule has 7 nitrogen and oxygen atoms in total. The molecule has 2 aromatic carbocycles. The zero-order valence-corrected chi connectivity index (χ0v) is 15.5. The Kier molecular flexibility index (Phi) is 6.05. The summed E-state index contributed by atoms with van der Waals surface area (Å²) >= 11 is 12.1. The van der Waals surface area contributed by atoms with E-state index in [2.05, 4.69) is 20.6 Å². The predicted octanol–water partition coefficient (Wildman–Crippen LogP) is 5.09. The van der Waals surface area contributed by atoms with Crippen LogP contribution in [0, 0.1) is 10.1 Å². The molecule has 0 saturated heterocycles. The van der Waals surface area contributed by atoms with Gasteiger partial charge in [0.1, 0.15) is 6.33 Å². The van der Waals surface area contributed by atoms with E-state index in [1.807, 2.05) is 30.3 Å². The van der Waals surface area contributed by atoms with Crippen LogP contribution < -0.4 is 10.6 Å². The maximum atomic E-state index is 11.6. The molecule has 9 heteroatoms. The molecular weight excluding hydrogens is 389 g/mol. The van der Waals surface area contributed by atoms with Crippen molar-refractivity contribution in [2.45, 2.75) is 6.42 Å². The fourth-order valence-corrected chi connectivity index (χ4v) is 2.82. The molecule has 0 amide bonds. The molecule has 0 atom stereocenters. The molecule has 1 heterocycles. The Bertz CT molecular complexity index is 954. The average Bonchev–Trinajstić information content (AvgIpc) is 2.66. The third kappa shape index (κ3) is 4.64. The summed E-state index contributed by atoms with van der Waals surface area (Å²) in [4.78, 5) is 19.1. The van der Waals surface area contributed by atoms with Crippen molar-refractivity contribution < 1.29 is 4.92 Å². The van der Waals surface area contributed by atoms with E-state index in [0.29, 0.717) is 23.7 Å². The fourth-order valence-electron chi connectivity index (χ4n) is 2.47. The zero-order valence-electron chi connectivity index (χ0n) is 14.0. The van der Waals surface area contributed by atoms with Gasteiger partial charge in [-0.05, 0) is 24.1 Å². The first-order valence-electron chi connectivity index (χ1n) is 8.04. The van der Waals surface area contributed by atoms with Gasteiger partial charge in [0.2, 0.25) is 11.6 Å². The summed E-state index contributed by atoms with van der Waals surface area (Å²) in [6, 6.07) is 14.8. The number of rotatable bonds is 7. The van der Waals surface area contributed by atoms with Crippen LogP contribution in [0.2, 0.25) is 10.0 Å². The van der Waals surface area contributed by atoms with Crippen LogP contribution >= 0.6 is 23.2 Å². The summed E-state index contributed by atoms with van der Waals surface area (Å²) in [6.07, 6.45) is 1.95. The van der Waals surface area contributed by atoms with Gasteiger partial charge in [-0.25, -0.2) is 9.97 Å². The maximum absolute atomic E-state index is 11.6. The van der Waals surface area contributed by atoms with Crippen molar-refractivity contribution >= 4 is 46.2 Å². The maximum Gasteiger partial charge on any atom is 0.353 e. The summed E-state index contributed by atoms with van der Waals surface area (Å²) in [7, 11) is 0. The van der Waals surface area contributed by atoms with Gasteiger partial charge in [0.15, 0.2) is 0 Å². The van der Waals surface area contributed by atoms with Crippen LogP contribution in [-0.4, -0.2) is 21.4 Å². The number of aromatic nitrogens is 2. The van der Waals surface area contributed by atoms with E-state index >= 15 is 0 Å². The van der Waals surface area contributed by atoms with Crippen LogP contribution in [0.4, 0.5) is 23.0 Å². The van der Waals surface area contributed by atoms with Crippen LogP contribution in [0.5, 0.6) is 0 Å². The molecule has 0 radical (unpaired) electrons. The fraction of sp³-hybridized carbons (Fsp3) is 0.111. The second-order valence-electron chi connectivity index (χ2n) is 5.57. The monoisotopic (exact) mass is 403 g/mol. The van der Waals surface area contributed by atoms with Gasteiger partial charge in [0.25, 0.3) is 0 Å². The largest absolute Gasteiger partial charge is 0.364 e. The molecule has 3 rings (SSSR count). The van der Waals surface area contributed by atoms with Gasteiger partial charge in [-0.2, -0.15) is 0 Å². The number of nitro groups is 1. The van der Waals surface area contributed by atoms with Crippen LogP contribution in [-0.2, 0) is 6.42 Å². The highest BCUT2D eigenvalue weighted by molar-refractivity contribution is 6.43. The van der Waals surface area contributed by atoms with Crippen molar-refractivity contribution in [2.75, 3.05) is 17.2 Å². The van der Waals surface area contributed by atoms with Crippen molar-refractivity contribution in [1.29, 1.82) is 0 Å². The predicted molar refractivity (Wildman–Crippen MR) is 107 cm³/mol. The number of benzene rings is 2. The lowest BCUT2D eigenvalue weighted by Gasteiger charge is -2.11. The van der Waals surface area contributed by atoms with Gasteiger partial charge in [-0.15, -0.1) is 0 Å².